The summed E-state index contributed by atoms with van der Waals surface area (Å²) in [4.78, 5) is 14.9. The molecule has 1 aromatic heterocycles. The number of aromatic nitrogens is 1. The van der Waals surface area contributed by atoms with Crippen LogP contribution in [0.2, 0.25) is 0 Å². The fraction of sp³-hybridized carbons (Fsp3) is 0.0625. The van der Waals surface area contributed by atoms with Crippen LogP contribution in [0.25, 0.3) is 22.2 Å². The smallest absolute Gasteiger partial charge is 0.354 e. The van der Waals surface area contributed by atoms with Gasteiger partial charge >= 0.3 is 6.18 Å². The standard InChI is InChI=1S/C16H9F4NO/c17-12-6-5-9(7-11(12)16(18,19)20)14-8-15(22)10-3-1-2-4-13(10)21-14/h1-8H,(H,21,22). The summed E-state index contributed by atoms with van der Waals surface area (Å²) in [5.74, 6) is -1.35. The fourth-order valence-corrected chi connectivity index (χ4v) is 2.26. The van der Waals surface area contributed by atoms with Gasteiger partial charge < -0.3 is 4.98 Å². The van der Waals surface area contributed by atoms with E-state index in [1.807, 2.05) is 0 Å². The summed E-state index contributed by atoms with van der Waals surface area (Å²) in [6.45, 7) is 0. The molecule has 0 unspecified atom stereocenters. The monoisotopic (exact) mass is 307 g/mol. The molecule has 0 aliphatic carbocycles. The molecule has 3 rings (SSSR count). The number of fused-ring (bicyclic) bond motifs is 1. The summed E-state index contributed by atoms with van der Waals surface area (Å²) >= 11 is 0. The predicted octanol–water partition coefficient (Wildman–Crippen LogP) is 4.35. The van der Waals surface area contributed by atoms with Crippen LogP contribution in [0.4, 0.5) is 17.6 Å². The first-order valence-corrected chi connectivity index (χ1v) is 6.35. The third kappa shape index (κ3) is 2.47. The van der Waals surface area contributed by atoms with Crippen LogP contribution >= 0.6 is 0 Å². The third-order valence-electron chi connectivity index (χ3n) is 3.32. The maximum atomic E-state index is 13.3. The lowest BCUT2D eigenvalue weighted by atomic mass is 10.1. The van der Waals surface area contributed by atoms with Crippen molar-refractivity contribution >= 4 is 10.9 Å². The van der Waals surface area contributed by atoms with Crippen LogP contribution in [0.5, 0.6) is 0 Å². The number of hydrogen-bond acceptors (Lipinski definition) is 1. The first-order valence-electron chi connectivity index (χ1n) is 6.35. The van der Waals surface area contributed by atoms with Crippen molar-refractivity contribution in [2.45, 2.75) is 6.18 Å². The van der Waals surface area contributed by atoms with Gasteiger partial charge in [0.1, 0.15) is 5.82 Å². The Morgan fingerprint density at radius 3 is 2.41 bits per heavy atom. The van der Waals surface area contributed by atoms with E-state index in [0.717, 1.165) is 6.07 Å². The molecular formula is C16H9F4NO. The Labute approximate surface area is 122 Å². The molecule has 0 aliphatic rings. The van der Waals surface area contributed by atoms with Crippen LogP contribution in [-0.2, 0) is 6.18 Å². The largest absolute Gasteiger partial charge is 0.419 e. The maximum absolute atomic E-state index is 13.3. The van der Waals surface area contributed by atoms with Gasteiger partial charge in [0.2, 0.25) is 0 Å². The molecule has 0 aliphatic heterocycles. The van der Waals surface area contributed by atoms with Crippen LogP contribution in [0.1, 0.15) is 5.56 Å². The maximum Gasteiger partial charge on any atom is 0.419 e. The first-order chi connectivity index (χ1) is 10.4. The molecule has 0 saturated heterocycles. The Hall–Kier alpha value is -2.63. The highest BCUT2D eigenvalue weighted by molar-refractivity contribution is 5.81. The summed E-state index contributed by atoms with van der Waals surface area (Å²) in [5, 5.41) is 0.435. The second kappa shape index (κ2) is 4.98. The van der Waals surface area contributed by atoms with Crippen LogP contribution in [0.3, 0.4) is 0 Å². The van der Waals surface area contributed by atoms with Crippen LogP contribution < -0.4 is 5.43 Å². The van der Waals surface area contributed by atoms with Gasteiger partial charge in [0.25, 0.3) is 0 Å². The molecule has 1 heterocycles. The van der Waals surface area contributed by atoms with Gasteiger partial charge in [0.15, 0.2) is 5.43 Å². The molecule has 112 valence electrons. The molecule has 2 aromatic carbocycles. The molecule has 0 atom stereocenters. The van der Waals surface area contributed by atoms with Gasteiger partial charge in [-0.25, -0.2) is 4.39 Å². The van der Waals surface area contributed by atoms with Gasteiger partial charge in [-0.05, 0) is 35.9 Å². The highest BCUT2D eigenvalue weighted by Crippen LogP contribution is 2.33. The molecule has 1 N–H and O–H groups in total. The van der Waals surface area contributed by atoms with Crippen molar-refractivity contribution in [3.8, 4) is 11.3 Å². The van der Waals surface area contributed by atoms with Crippen molar-refractivity contribution in [2.75, 3.05) is 0 Å². The van der Waals surface area contributed by atoms with Crippen molar-refractivity contribution in [1.82, 2.24) is 4.98 Å². The topological polar surface area (TPSA) is 32.9 Å². The van der Waals surface area contributed by atoms with E-state index in [1.54, 1.807) is 24.3 Å². The second-order valence-electron chi connectivity index (χ2n) is 4.79. The number of rotatable bonds is 1. The number of alkyl halides is 3. The van der Waals surface area contributed by atoms with E-state index in [4.69, 9.17) is 0 Å². The Morgan fingerprint density at radius 1 is 0.955 bits per heavy atom. The SMILES string of the molecule is O=c1cc(-c2ccc(F)c(C(F)(F)F)c2)[nH]c2ccccc12. The third-order valence-corrected chi connectivity index (χ3v) is 3.32. The average molecular weight is 307 g/mol. The molecule has 2 nitrogen and oxygen atoms in total. The van der Waals surface area contributed by atoms with E-state index in [0.29, 0.717) is 17.0 Å². The Balaban J connectivity index is 2.22. The van der Waals surface area contributed by atoms with Gasteiger partial charge in [-0.1, -0.05) is 12.1 Å². The molecule has 3 aromatic rings. The zero-order valence-electron chi connectivity index (χ0n) is 11.0. The average Bonchev–Trinajstić information content (AvgIpc) is 2.46. The molecule has 0 spiro atoms. The lowest BCUT2D eigenvalue weighted by Crippen LogP contribution is -2.09. The second-order valence-corrected chi connectivity index (χ2v) is 4.79. The minimum atomic E-state index is -4.79. The molecule has 0 amide bonds. The number of pyridine rings is 1. The molecule has 22 heavy (non-hydrogen) atoms. The van der Waals surface area contributed by atoms with Crippen molar-refractivity contribution < 1.29 is 17.6 Å². The molecule has 0 radical (unpaired) electrons. The minimum absolute atomic E-state index is 0.0941. The molecule has 0 saturated carbocycles. The normalized spacial score (nSPS) is 11.8. The van der Waals surface area contributed by atoms with Gasteiger partial charge in [0.05, 0.1) is 5.56 Å². The fourth-order valence-electron chi connectivity index (χ4n) is 2.26. The minimum Gasteiger partial charge on any atom is -0.354 e. The van der Waals surface area contributed by atoms with E-state index in [-0.39, 0.29) is 16.7 Å². The van der Waals surface area contributed by atoms with Gasteiger partial charge in [0, 0.05) is 22.7 Å². The lowest BCUT2D eigenvalue weighted by molar-refractivity contribution is -0.139. The van der Waals surface area contributed by atoms with Crippen molar-refractivity contribution in [2.24, 2.45) is 0 Å². The van der Waals surface area contributed by atoms with Crippen LogP contribution in [0.15, 0.2) is 53.3 Å². The quantitative estimate of drug-likeness (QED) is 0.666. The summed E-state index contributed by atoms with van der Waals surface area (Å²) in [6.07, 6.45) is -4.79. The van der Waals surface area contributed by atoms with Crippen molar-refractivity contribution in [3.63, 3.8) is 0 Å². The summed E-state index contributed by atoms with van der Waals surface area (Å²) in [6, 6.07) is 10.5. The van der Waals surface area contributed by atoms with Crippen molar-refractivity contribution in [1.29, 1.82) is 0 Å². The summed E-state index contributed by atoms with van der Waals surface area (Å²) in [5.41, 5.74) is -0.880. The molecule has 0 fully saturated rings. The van der Waals surface area contributed by atoms with E-state index in [9.17, 15) is 22.4 Å². The van der Waals surface area contributed by atoms with Crippen LogP contribution in [-0.4, -0.2) is 4.98 Å². The molecular weight excluding hydrogens is 298 g/mol. The summed E-state index contributed by atoms with van der Waals surface area (Å²) in [7, 11) is 0. The number of para-hydroxylation sites is 1. The van der Waals surface area contributed by atoms with E-state index in [2.05, 4.69) is 4.98 Å². The number of aromatic amines is 1. The Kier molecular flexibility index (Phi) is 3.24. The molecule has 6 heteroatoms. The molecule has 0 bridgehead atoms. The zero-order chi connectivity index (χ0) is 15.9. The summed E-state index contributed by atoms with van der Waals surface area (Å²) < 4.78 is 51.6. The number of hydrogen-bond donors (Lipinski definition) is 1. The Bertz CT molecular complexity index is 912. The Morgan fingerprint density at radius 2 is 1.68 bits per heavy atom. The first kappa shape index (κ1) is 14.3. The van der Waals surface area contributed by atoms with E-state index < -0.39 is 17.6 Å². The zero-order valence-corrected chi connectivity index (χ0v) is 11.0. The predicted molar refractivity (Wildman–Crippen MR) is 75.0 cm³/mol. The number of nitrogens with one attached hydrogen (secondary N) is 1. The van der Waals surface area contributed by atoms with Gasteiger partial charge in [-0.15, -0.1) is 0 Å². The van der Waals surface area contributed by atoms with Gasteiger partial charge in [-0.2, -0.15) is 13.2 Å². The van der Waals surface area contributed by atoms with E-state index in [1.165, 1.54) is 12.1 Å². The van der Waals surface area contributed by atoms with Crippen molar-refractivity contribution in [3.05, 3.63) is 70.1 Å². The highest BCUT2D eigenvalue weighted by Gasteiger charge is 2.34. The van der Waals surface area contributed by atoms with Gasteiger partial charge in [-0.3, -0.25) is 4.79 Å². The number of H-pyrrole nitrogens is 1. The number of benzene rings is 2. The van der Waals surface area contributed by atoms with E-state index >= 15 is 0 Å². The van der Waals surface area contributed by atoms with Crippen LogP contribution in [0, 0.1) is 5.82 Å². The number of halogens is 4. The highest BCUT2D eigenvalue weighted by atomic mass is 19.4. The lowest BCUT2D eigenvalue weighted by Gasteiger charge is -2.10.